The smallest absolute Gasteiger partial charge is 0.225 e. The molecule has 0 fully saturated rings. The molecule has 2 aromatic rings. The Bertz CT molecular complexity index is 595. The quantitative estimate of drug-likeness (QED) is 0.806. The summed E-state index contributed by atoms with van der Waals surface area (Å²) >= 11 is 1.61. The molecule has 0 amide bonds. The van der Waals surface area contributed by atoms with Gasteiger partial charge in [0.05, 0.1) is 12.0 Å². The van der Waals surface area contributed by atoms with E-state index in [-0.39, 0.29) is 5.78 Å². The zero-order valence-corrected chi connectivity index (χ0v) is 11.6. The van der Waals surface area contributed by atoms with E-state index >= 15 is 0 Å². The lowest BCUT2D eigenvalue weighted by Gasteiger charge is -2.08. The van der Waals surface area contributed by atoms with Crippen LogP contribution < -0.4 is 4.74 Å². The number of carbonyl (C=O) groups excluding carboxylic acids is 1. The van der Waals surface area contributed by atoms with Gasteiger partial charge in [-0.2, -0.15) is 0 Å². The number of carbonyl (C=O) groups is 1. The summed E-state index contributed by atoms with van der Waals surface area (Å²) in [7, 11) is 1.56. The molecule has 0 aliphatic heterocycles. The lowest BCUT2D eigenvalue weighted by Crippen LogP contribution is -2.04. The van der Waals surface area contributed by atoms with Gasteiger partial charge in [0.2, 0.25) is 5.78 Å². The van der Waals surface area contributed by atoms with E-state index in [0.717, 1.165) is 17.7 Å². The number of ether oxygens (including phenoxy) is 1. The lowest BCUT2D eigenvalue weighted by atomic mass is 9.99. The van der Waals surface area contributed by atoms with Crippen LogP contribution in [0.25, 0.3) is 0 Å². The molecule has 2 heterocycles. The molecule has 0 aromatic carbocycles. The fraction of sp³-hybridized carbons (Fsp3) is 0.333. The summed E-state index contributed by atoms with van der Waals surface area (Å²) in [5, 5.41) is 0. The van der Waals surface area contributed by atoms with Crippen LogP contribution in [0.15, 0.2) is 24.4 Å². The Kier molecular flexibility index (Phi) is 3.34. The summed E-state index contributed by atoms with van der Waals surface area (Å²) in [5.41, 5.74) is 1.75. The first-order valence-corrected chi connectivity index (χ1v) is 7.26. The van der Waals surface area contributed by atoms with Crippen LogP contribution in [0.2, 0.25) is 0 Å². The minimum atomic E-state index is -0.0307. The molecule has 0 bridgehead atoms. The van der Waals surface area contributed by atoms with Gasteiger partial charge in [-0.05, 0) is 49.4 Å². The Morgan fingerprint density at radius 1 is 1.37 bits per heavy atom. The van der Waals surface area contributed by atoms with Crippen LogP contribution in [-0.4, -0.2) is 17.9 Å². The third-order valence-electron chi connectivity index (χ3n) is 3.43. The normalized spacial score (nSPS) is 13.9. The van der Waals surface area contributed by atoms with Crippen molar-refractivity contribution < 1.29 is 9.53 Å². The Morgan fingerprint density at radius 2 is 2.21 bits per heavy atom. The van der Waals surface area contributed by atoms with Crippen LogP contribution >= 0.6 is 11.3 Å². The van der Waals surface area contributed by atoms with Crippen molar-refractivity contribution in [3.05, 3.63) is 45.4 Å². The highest BCUT2D eigenvalue weighted by atomic mass is 32.1. The first-order valence-electron chi connectivity index (χ1n) is 6.45. The zero-order valence-electron chi connectivity index (χ0n) is 10.8. The van der Waals surface area contributed by atoms with Crippen molar-refractivity contribution >= 4 is 17.1 Å². The van der Waals surface area contributed by atoms with Crippen molar-refractivity contribution in [1.82, 2.24) is 4.98 Å². The molecule has 0 saturated carbocycles. The molecule has 3 nitrogen and oxygen atoms in total. The summed E-state index contributed by atoms with van der Waals surface area (Å²) in [6.07, 6.45) is 6.28. The number of rotatable bonds is 3. The molecule has 1 aliphatic rings. The summed E-state index contributed by atoms with van der Waals surface area (Å²) in [4.78, 5) is 18.8. The minimum absolute atomic E-state index is 0.0307. The summed E-state index contributed by atoms with van der Waals surface area (Å²) in [6.45, 7) is 0. The van der Waals surface area contributed by atoms with Gasteiger partial charge in [0.1, 0.15) is 5.75 Å². The van der Waals surface area contributed by atoms with Crippen molar-refractivity contribution in [3.63, 3.8) is 0 Å². The second-order valence-corrected chi connectivity index (χ2v) is 5.79. The molecule has 0 spiro atoms. The van der Waals surface area contributed by atoms with Gasteiger partial charge in [-0.15, -0.1) is 11.3 Å². The fourth-order valence-electron chi connectivity index (χ4n) is 2.45. The average molecular weight is 273 g/mol. The Hall–Kier alpha value is -1.68. The SMILES string of the molecule is COc1cccnc1C(=O)c1cc2c(s1)CCCC2. The number of hydrogen-bond donors (Lipinski definition) is 0. The van der Waals surface area contributed by atoms with Crippen molar-refractivity contribution in [2.45, 2.75) is 25.7 Å². The van der Waals surface area contributed by atoms with Gasteiger partial charge in [-0.3, -0.25) is 4.79 Å². The topological polar surface area (TPSA) is 39.2 Å². The predicted octanol–water partition coefficient (Wildman–Crippen LogP) is 3.26. The highest BCUT2D eigenvalue weighted by Gasteiger charge is 2.21. The number of aryl methyl sites for hydroxylation is 2. The zero-order chi connectivity index (χ0) is 13.2. The number of fused-ring (bicyclic) bond motifs is 1. The van der Waals surface area contributed by atoms with E-state index in [4.69, 9.17) is 4.74 Å². The molecular formula is C15H15NO2S. The second kappa shape index (κ2) is 5.13. The molecule has 0 N–H and O–H groups in total. The molecule has 0 radical (unpaired) electrons. The van der Waals surface area contributed by atoms with Crippen LogP contribution in [0.5, 0.6) is 5.75 Å². The van der Waals surface area contributed by atoms with Gasteiger partial charge in [-0.1, -0.05) is 0 Å². The minimum Gasteiger partial charge on any atom is -0.494 e. The van der Waals surface area contributed by atoms with E-state index < -0.39 is 0 Å². The van der Waals surface area contributed by atoms with Crippen LogP contribution in [0.3, 0.4) is 0 Å². The van der Waals surface area contributed by atoms with Gasteiger partial charge in [0.15, 0.2) is 5.69 Å². The molecule has 4 heteroatoms. The van der Waals surface area contributed by atoms with Gasteiger partial charge in [0.25, 0.3) is 0 Å². The van der Waals surface area contributed by atoms with Gasteiger partial charge in [-0.25, -0.2) is 4.98 Å². The van der Waals surface area contributed by atoms with E-state index in [9.17, 15) is 4.79 Å². The van der Waals surface area contributed by atoms with E-state index in [1.807, 2.05) is 6.07 Å². The fourth-order valence-corrected chi connectivity index (χ4v) is 3.64. The average Bonchev–Trinajstić information content (AvgIpc) is 2.90. The van der Waals surface area contributed by atoms with E-state index in [0.29, 0.717) is 11.4 Å². The van der Waals surface area contributed by atoms with Crippen molar-refractivity contribution in [2.75, 3.05) is 7.11 Å². The standard InChI is InChI=1S/C15H15NO2S/c1-18-11-6-4-8-16-14(11)15(17)13-9-10-5-2-3-7-12(10)19-13/h4,6,8-9H,2-3,5,7H2,1H3. The molecule has 2 aromatic heterocycles. The predicted molar refractivity (Wildman–Crippen MR) is 75.2 cm³/mol. The van der Waals surface area contributed by atoms with Crippen LogP contribution in [0.1, 0.15) is 38.6 Å². The Balaban J connectivity index is 1.97. The molecule has 19 heavy (non-hydrogen) atoms. The maximum atomic E-state index is 12.5. The number of aromatic nitrogens is 1. The third-order valence-corrected chi connectivity index (χ3v) is 4.66. The number of hydrogen-bond acceptors (Lipinski definition) is 4. The molecule has 3 rings (SSSR count). The Labute approximate surface area is 116 Å². The highest BCUT2D eigenvalue weighted by Crippen LogP contribution is 2.31. The summed E-state index contributed by atoms with van der Waals surface area (Å²) in [5.74, 6) is 0.510. The monoisotopic (exact) mass is 273 g/mol. The number of pyridine rings is 1. The molecule has 0 saturated heterocycles. The first kappa shape index (κ1) is 12.4. The van der Waals surface area contributed by atoms with E-state index in [2.05, 4.69) is 4.98 Å². The molecule has 1 aliphatic carbocycles. The Morgan fingerprint density at radius 3 is 3.00 bits per heavy atom. The van der Waals surface area contributed by atoms with Crippen LogP contribution in [-0.2, 0) is 12.8 Å². The summed E-state index contributed by atoms with van der Waals surface area (Å²) in [6, 6.07) is 5.58. The van der Waals surface area contributed by atoms with Gasteiger partial charge < -0.3 is 4.74 Å². The maximum absolute atomic E-state index is 12.5. The van der Waals surface area contributed by atoms with Crippen LogP contribution in [0.4, 0.5) is 0 Å². The third kappa shape index (κ3) is 2.28. The van der Waals surface area contributed by atoms with Crippen molar-refractivity contribution in [3.8, 4) is 5.75 Å². The van der Waals surface area contributed by atoms with E-state index in [1.54, 1.807) is 36.8 Å². The summed E-state index contributed by atoms with van der Waals surface area (Å²) < 4.78 is 5.21. The number of methoxy groups -OCH3 is 1. The van der Waals surface area contributed by atoms with Crippen LogP contribution in [0, 0.1) is 0 Å². The van der Waals surface area contributed by atoms with Gasteiger partial charge in [0, 0.05) is 11.1 Å². The lowest BCUT2D eigenvalue weighted by molar-refractivity contribution is 0.103. The number of nitrogens with zero attached hydrogens (tertiary/aromatic N) is 1. The number of ketones is 1. The number of thiophene rings is 1. The molecule has 98 valence electrons. The molecule has 0 atom stereocenters. The second-order valence-electron chi connectivity index (χ2n) is 4.65. The largest absolute Gasteiger partial charge is 0.494 e. The molecular weight excluding hydrogens is 258 g/mol. The van der Waals surface area contributed by atoms with Gasteiger partial charge >= 0.3 is 0 Å². The van der Waals surface area contributed by atoms with E-state index in [1.165, 1.54) is 23.3 Å². The van der Waals surface area contributed by atoms with Crippen molar-refractivity contribution in [1.29, 1.82) is 0 Å². The first-order chi connectivity index (χ1) is 9.29. The van der Waals surface area contributed by atoms with Crippen molar-refractivity contribution in [2.24, 2.45) is 0 Å². The highest BCUT2D eigenvalue weighted by molar-refractivity contribution is 7.14. The maximum Gasteiger partial charge on any atom is 0.225 e. The molecule has 0 unspecified atom stereocenters.